The first-order valence-electron chi connectivity index (χ1n) is 8.41. The van der Waals surface area contributed by atoms with E-state index in [4.69, 9.17) is 4.74 Å². The van der Waals surface area contributed by atoms with E-state index in [2.05, 4.69) is 4.90 Å². The van der Waals surface area contributed by atoms with Crippen LogP contribution in [-0.2, 0) is 10.4 Å². The molecule has 0 aliphatic carbocycles. The molecule has 2 saturated heterocycles. The number of hydrogen-bond acceptors (Lipinski definition) is 4. The van der Waals surface area contributed by atoms with Crippen LogP contribution < -0.4 is 4.74 Å². The van der Waals surface area contributed by atoms with Crippen molar-refractivity contribution in [3.8, 4) is 5.75 Å². The van der Waals surface area contributed by atoms with E-state index in [0.717, 1.165) is 50.2 Å². The fraction of sp³-hybridized carbons (Fsp3) is 0.611. The van der Waals surface area contributed by atoms with Gasteiger partial charge in [-0.25, -0.2) is 0 Å². The Morgan fingerprint density at radius 3 is 2.52 bits per heavy atom. The van der Waals surface area contributed by atoms with Gasteiger partial charge in [0.1, 0.15) is 11.4 Å². The van der Waals surface area contributed by atoms with Crippen molar-refractivity contribution in [2.45, 2.75) is 37.8 Å². The molecule has 0 radical (unpaired) electrons. The van der Waals surface area contributed by atoms with E-state index in [1.807, 2.05) is 36.1 Å². The lowest BCUT2D eigenvalue weighted by Gasteiger charge is -2.38. The molecule has 1 amide bonds. The predicted molar refractivity (Wildman–Crippen MR) is 88.4 cm³/mol. The first-order chi connectivity index (χ1) is 11.0. The Bertz CT molecular complexity index is 552. The zero-order valence-electron chi connectivity index (χ0n) is 14.0. The Labute approximate surface area is 137 Å². The lowest BCUT2D eigenvalue weighted by atomic mass is 9.86. The van der Waals surface area contributed by atoms with Gasteiger partial charge in [-0.1, -0.05) is 12.1 Å². The molecular formula is C18H26N2O3. The third-order valence-corrected chi connectivity index (χ3v) is 5.23. The average Bonchev–Trinajstić information content (AvgIpc) is 2.94. The van der Waals surface area contributed by atoms with E-state index in [9.17, 15) is 9.90 Å². The molecule has 1 aromatic carbocycles. The molecule has 2 aliphatic rings. The van der Waals surface area contributed by atoms with Crippen LogP contribution in [0.2, 0.25) is 0 Å². The molecule has 2 aliphatic heterocycles. The van der Waals surface area contributed by atoms with Gasteiger partial charge in [0, 0.05) is 19.1 Å². The molecule has 2 unspecified atom stereocenters. The normalized spacial score (nSPS) is 24.1. The summed E-state index contributed by atoms with van der Waals surface area (Å²) in [6.45, 7) is 4.90. The summed E-state index contributed by atoms with van der Waals surface area (Å²) in [5, 5.41) is 11.1. The summed E-state index contributed by atoms with van der Waals surface area (Å²) in [6, 6.07) is 7.53. The van der Waals surface area contributed by atoms with E-state index in [0.29, 0.717) is 6.54 Å². The second-order valence-corrected chi connectivity index (χ2v) is 6.74. The highest BCUT2D eigenvalue weighted by molar-refractivity contribution is 5.79. The molecule has 1 aromatic rings. The summed E-state index contributed by atoms with van der Waals surface area (Å²) in [5.74, 6) is 0.967. The quantitative estimate of drug-likeness (QED) is 0.896. The summed E-state index contributed by atoms with van der Waals surface area (Å²) < 4.78 is 5.18. The van der Waals surface area contributed by atoms with Crippen LogP contribution >= 0.6 is 0 Å². The van der Waals surface area contributed by atoms with E-state index >= 15 is 0 Å². The highest BCUT2D eigenvalue weighted by atomic mass is 16.5. The van der Waals surface area contributed by atoms with E-state index < -0.39 is 5.60 Å². The largest absolute Gasteiger partial charge is 0.497 e. The molecular weight excluding hydrogens is 292 g/mol. The third-order valence-electron chi connectivity index (χ3n) is 5.23. The summed E-state index contributed by atoms with van der Waals surface area (Å²) in [7, 11) is 1.63. The molecule has 0 aromatic heterocycles. The lowest BCUT2D eigenvalue weighted by molar-refractivity contribution is -0.137. The summed E-state index contributed by atoms with van der Waals surface area (Å²) in [6.07, 6.45) is 3.04. The van der Waals surface area contributed by atoms with E-state index in [1.165, 1.54) is 0 Å². The van der Waals surface area contributed by atoms with Crippen molar-refractivity contribution in [1.29, 1.82) is 0 Å². The van der Waals surface area contributed by atoms with Crippen LogP contribution in [-0.4, -0.2) is 60.1 Å². The van der Waals surface area contributed by atoms with E-state index in [1.54, 1.807) is 7.11 Å². The molecule has 2 fully saturated rings. The standard InChI is InChI=1S/C18H26N2O3/c1-18(22,14-6-8-15(23-2)9-7-14)16-5-3-10-20(16)13-17(21)19-11-4-12-19/h6-9,16,22H,3-5,10-13H2,1-2H3. The van der Waals surface area contributed by atoms with Crippen molar-refractivity contribution < 1.29 is 14.6 Å². The Morgan fingerprint density at radius 2 is 1.96 bits per heavy atom. The summed E-state index contributed by atoms with van der Waals surface area (Å²) >= 11 is 0. The summed E-state index contributed by atoms with van der Waals surface area (Å²) in [4.78, 5) is 16.3. The number of aliphatic hydroxyl groups is 1. The topological polar surface area (TPSA) is 53.0 Å². The number of methoxy groups -OCH3 is 1. The molecule has 3 rings (SSSR count). The number of ether oxygens (including phenoxy) is 1. The van der Waals surface area contributed by atoms with Gasteiger partial charge in [-0.2, -0.15) is 0 Å². The minimum atomic E-state index is -0.974. The van der Waals surface area contributed by atoms with Gasteiger partial charge in [0.25, 0.3) is 0 Å². The molecule has 23 heavy (non-hydrogen) atoms. The SMILES string of the molecule is COc1ccc(C(C)(O)C2CCCN2CC(=O)N2CCC2)cc1. The lowest BCUT2D eigenvalue weighted by Crippen LogP contribution is -2.52. The van der Waals surface area contributed by atoms with Crippen LogP contribution in [0.4, 0.5) is 0 Å². The molecule has 0 saturated carbocycles. The fourth-order valence-corrected chi connectivity index (χ4v) is 3.61. The van der Waals surface area contributed by atoms with Crippen LogP contribution in [0.3, 0.4) is 0 Å². The maximum atomic E-state index is 12.3. The number of nitrogens with zero attached hydrogens (tertiary/aromatic N) is 2. The number of amides is 1. The zero-order chi connectivity index (χ0) is 16.4. The van der Waals surface area contributed by atoms with Gasteiger partial charge in [-0.3, -0.25) is 9.69 Å². The van der Waals surface area contributed by atoms with Crippen molar-refractivity contribution in [2.24, 2.45) is 0 Å². The number of benzene rings is 1. The number of hydrogen-bond donors (Lipinski definition) is 1. The van der Waals surface area contributed by atoms with E-state index in [-0.39, 0.29) is 11.9 Å². The van der Waals surface area contributed by atoms with Gasteiger partial charge in [-0.05, 0) is 50.4 Å². The van der Waals surface area contributed by atoms with Crippen molar-refractivity contribution in [1.82, 2.24) is 9.80 Å². The van der Waals surface area contributed by atoms with Gasteiger partial charge < -0.3 is 14.7 Å². The van der Waals surface area contributed by atoms with Crippen molar-refractivity contribution in [3.63, 3.8) is 0 Å². The maximum absolute atomic E-state index is 12.3. The molecule has 126 valence electrons. The number of likely N-dealkylation sites (tertiary alicyclic amines) is 2. The second-order valence-electron chi connectivity index (χ2n) is 6.74. The first kappa shape index (κ1) is 16.3. The van der Waals surface area contributed by atoms with Gasteiger partial charge in [0.05, 0.1) is 13.7 Å². The Balaban J connectivity index is 1.72. The third kappa shape index (κ3) is 3.21. The average molecular weight is 318 g/mol. The van der Waals surface area contributed by atoms with Crippen LogP contribution in [0.15, 0.2) is 24.3 Å². The van der Waals surface area contributed by atoms with Gasteiger partial charge >= 0.3 is 0 Å². The van der Waals surface area contributed by atoms with Crippen LogP contribution in [0, 0.1) is 0 Å². The van der Waals surface area contributed by atoms with Gasteiger partial charge in [-0.15, -0.1) is 0 Å². The molecule has 1 N–H and O–H groups in total. The number of rotatable bonds is 5. The van der Waals surface area contributed by atoms with Crippen LogP contribution in [0.25, 0.3) is 0 Å². The summed E-state index contributed by atoms with van der Waals surface area (Å²) in [5.41, 5.74) is -0.107. The predicted octanol–water partition coefficient (Wildman–Crippen LogP) is 1.60. The highest BCUT2D eigenvalue weighted by Gasteiger charge is 2.41. The van der Waals surface area contributed by atoms with Crippen LogP contribution in [0.1, 0.15) is 31.7 Å². The molecule has 2 atom stereocenters. The molecule has 0 spiro atoms. The smallest absolute Gasteiger partial charge is 0.236 e. The number of carbonyl (C=O) groups excluding carboxylic acids is 1. The number of carbonyl (C=O) groups is 1. The molecule has 0 bridgehead atoms. The highest BCUT2D eigenvalue weighted by Crippen LogP contribution is 2.35. The van der Waals surface area contributed by atoms with Crippen molar-refractivity contribution in [3.05, 3.63) is 29.8 Å². The molecule has 2 heterocycles. The Hall–Kier alpha value is -1.59. The van der Waals surface area contributed by atoms with Gasteiger partial charge in [0.15, 0.2) is 0 Å². The fourth-order valence-electron chi connectivity index (χ4n) is 3.61. The minimum absolute atomic E-state index is 0.0267. The molecule has 5 nitrogen and oxygen atoms in total. The monoisotopic (exact) mass is 318 g/mol. The van der Waals surface area contributed by atoms with Gasteiger partial charge in [0.2, 0.25) is 5.91 Å². The minimum Gasteiger partial charge on any atom is -0.497 e. The second kappa shape index (κ2) is 6.49. The Kier molecular flexibility index (Phi) is 4.60. The maximum Gasteiger partial charge on any atom is 0.236 e. The van der Waals surface area contributed by atoms with Crippen LogP contribution in [0.5, 0.6) is 5.75 Å². The Morgan fingerprint density at radius 1 is 1.26 bits per heavy atom. The molecule has 5 heteroatoms. The zero-order valence-corrected chi connectivity index (χ0v) is 14.0. The van der Waals surface area contributed by atoms with Crippen molar-refractivity contribution >= 4 is 5.91 Å². The van der Waals surface area contributed by atoms with Crippen molar-refractivity contribution in [2.75, 3.05) is 33.3 Å². The first-order valence-corrected chi connectivity index (χ1v) is 8.41.